The number of rotatable bonds is 5. The molecular weight excluding hydrogens is 451 g/mol. The lowest BCUT2D eigenvalue weighted by atomic mass is 9.87. The average molecular weight is 481 g/mol. The molecule has 2 unspecified atom stereocenters. The first-order valence-corrected chi connectivity index (χ1v) is 11.7. The highest BCUT2D eigenvalue weighted by atomic mass is 19.1. The van der Waals surface area contributed by atoms with E-state index >= 15 is 4.39 Å². The summed E-state index contributed by atoms with van der Waals surface area (Å²) in [6.45, 7) is 0. The number of urea groups is 1. The molecule has 35 heavy (non-hydrogen) atoms. The molecule has 0 aliphatic carbocycles. The molecule has 9 heteroatoms. The van der Waals surface area contributed by atoms with Gasteiger partial charge in [-0.3, -0.25) is 5.21 Å². The lowest BCUT2D eigenvalue weighted by Gasteiger charge is -2.39. The molecule has 2 saturated heterocycles. The number of carbonyl (C=O) groups is 1. The highest BCUT2D eigenvalue weighted by molar-refractivity contribution is 5.74. The van der Waals surface area contributed by atoms with Crippen LogP contribution in [0.5, 0.6) is 11.5 Å². The molecule has 2 fully saturated rings. The van der Waals surface area contributed by atoms with Crippen molar-refractivity contribution in [3.8, 4) is 28.4 Å². The third kappa shape index (κ3) is 4.10. The molecule has 8 nitrogen and oxygen atoms in total. The van der Waals surface area contributed by atoms with Crippen molar-refractivity contribution in [1.82, 2.24) is 19.7 Å². The van der Waals surface area contributed by atoms with E-state index in [1.54, 1.807) is 35.9 Å². The Morgan fingerprint density at radius 2 is 1.54 bits per heavy atom. The van der Waals surface area contributed by atoms with E-state index in [1.165, 1.54) is 7.05 Å². The van der Waals surface area contributed by atoms with Gasteiger partial charge in [0, 0.05) is 30.6 Å². The fraction of sp³-hybridized carbons (Fsp3) is 0.385. The van der Waals surface area contributed by atoms with Gasteiger partial charge in [-0.1, -0.05) is 0 Å². The van der Waals surface area contributed by atoms with Crippen molar-refractivity contribution in [1.29, 1.82) is 0 Å². The second kappa shape index (κ2) is 9.22. The fourth-order valence-electron chi connectivity index (χ4n) is 5.46. The summed E-state index contributed by atoms with van der Waals surface area (Å²) < 4.78 is 28.4. The monoisotopic (exact) mass is 480 g/mol. The summed E-state index contributed by atoms with van der Waals surface area (Å²) >= 11 is 0. The van der Waals surface area contributed by atoms with Crippen LogP contribution < -0.4 is 9.47 Å². The lowest BCUT2D eigenvalue weighted by molar-refractivity contribution is -0.0431. The van der Waals surface area contributed by atoms with Crippen LogP contribution >= 0.6 is 0 Å². The van der Waals surface area contributed by atoms with Gasteiger partial charge in [0.1, 0.15) is 22.9 Å². The normalized spacial score (nSPS) is 21.2. The molecule has 1 aromatic heterocycles. The van der Waals surface area contributed by atoms with Crippen LogP contribution in [-0.2, 0) is 0 Å². The largest absolute Gasteiger partial charge is 0.497 e. The minimum absolute atomic E-state index is 0.0455. The molecule has 5 rings (SSSR count). The molecule has 3 aromatic rings. The summed E-state index contributed by atoms with van der Waals surface area (Å²) in [5, 5.41) is 15.1. The third-order valence-corrected chi connectivity index (χ3v) is 7.15. The number of benzene rings is 2. The van der Waals surface area contributed by atoms with Gasteiger partial charge < -0.3 is 14.4 Å². The van der Waals surface area contributed by atoms with Gasteiger partial charge in [0.25, 0.3) is 0 Å². The maximum atomic E-state index is 16.2. The van der Waals surface area contributed by atoms with Gasteiger partial charge >= 0.3 is 6.03 Å². The van der Waals surface area contributed by atoms with Gasteiger partial charge in [0.15, 0.2) is 5.82 Å². The maximum Gasteiger partial charge on any atom is 0.343 e. The second-order valence-corrected chi connectivity index (χ2v) is 9.15. The topological polar surface area (TPSA) is 80.1 Å². The zero-order valence-electron chi connectivity index (χ0n) is 20.0. The van der Waals surface area contributed by atoms with E-state index in [-0.39, 0.29) is 23.8 Å². The van der Waals surface area contributed by atoms with Crippen LogP contribution in [-0.4, -0.2) is 64.3 Å². The van der Waals surface area contributed by atoms with Crippen LogP contribution in [0.15, 0.2) is 48.5 Å². The summed E-state index contributed by atoms with van der Waals surface area (Å²) in [6.07, 6.45) is 2.89. The standard InChI is InChI=1S/C26H29FN4O4/c1-29(33)26(32)30-19-6-7-20(30)15-17(14-19)24-23(27)25(16-4-10-21(34-2)11-5-16)31(28-24)18-8-12-22(35-3)13-9-18/h4-5,8-13,17,19-20,33H,6-7,14-15H2,1-3H3. The van der Waals surface area contributed by atoms with E-state index in [0.717, 1.165) is 18.5 Å². The van der Waals surface area contributed by atoms with Gasteiger partial charge in [-0.15, -0.1) is 0 Å². The maximum absolute atomic E-state index is 16.2. The summed E-state index contributed by atoms with van der Waals surface area (Å²) in [7, 11) is 4.53. The first-order valence-electron chi connectivity index (χ1n) is 11.7. The Morgan fingerprint density at radius 3 is 2.06 bits per heavy atom. The number of fused-ring (bicyclic) bond motifs is 2. The van der Waals surface area contributed by atoms with Crippen molar-refractivity contribution in [3.63, 3.8) is 0 Å². The zero-order chi connectivity index (χ0) is 24.7. The number of methoxy groups -OCH3 is 2. The number of halogens is 1. The summed E-state index contributed by atoms with van der Waals surface area (Å²) in [4.78, 5) is 14.2. The summed E-state index contributed by atoms with van der Waals surface area (Å²) in [6, 6.07) is 14.1. The zero-order valence-corrected chi connectivity index (χ0v) is 20.0. The Hall–Kier alpha value is -3.59. The number of carbonyl (C=O) groups excluding carboxylic acids is 1. The molecule has 2 bridgehead atoms. The SMILES string of the molecule is COc1ccc(-c2c(F)c(C3CC4CCC(C3)N4C(=O)N(C)O)nn2-c2ccc(OC)cc2)cc1. The van der Waals surface area contributed by atoms with Gasteiger partial charge in [-0.05, 0) is 74.2 Å². The second-order valence-electron chi connectivity index (χ2n) is 9.15. The first-order chi connectivity index (χ1) is 16.9. The lowest BCUT2D eigenvalue weighted by Crippen LogP contribution is -2.50. The number of hydrogen-bond acceptors (Lipinski definition) is 5. The molecule has 1 N–H and O–H groups in total. The number of ether oxygens (including phenoxy) is 2. The van der Waals surface area contributed by atoms with Crippen LogP contribution in [0.25, 0.3) is 16.9 Å². The van der Waals surface area contributed by atoms with Crippen molar-refractivity contribution in [2.24, 2.45) is 0 Å². The Balaban J connectivity index is 1.55. The predicted molar refractivity (Wildman–Crippen MR) is 128 cm³/mol. The van der Waals surface area contributed by atoms with Crippen molar-refractivity contribution in [3.05, 3.63) is 60.0 Å². The fourth-order valence-corrected chi connectivity index (χ4v) is 5.46. The Labute approximate surface area is 203 Å². The van der Waals surface area contributed by atoms with Crippen molar-refractivity contribution in [2.45, 2.75) is 43.7 Å². The molecular formula is C26H29FN4O4. The van der Waals surface area contributed by atoms with Crippen molar-refractivity contribution < 1.29 is 23.9 Å². The number of hydrogen-bond donors (Lipinski definition) is 1. The van der Waals surface area contributed by atoms with E-state index in [0.29, 0.717) is 46.4 Å². The van der Waals surface area contributed by atoms with E-state index in [1.807, 2.05) is 36.4 Å². The van der Waals surface area contributed by atoms with Crippen LogP contribution in [0, 0.1) is 5.82 Å². The molecule has 0 spiro atoms. The molecule has 184 valence electrons. The molecule has 0 radical (unpaired) electrons. The van der Waals surface area contributed by atoms with E-state index < -0.39 is 6.03 Å². The molecule has 2 aliphatic heterocycles. The van der Waals surface area contributed by atoms with E-state index in [4.69, 9.17) is 14.6 Å². The van der Waals surface area contributed by atoms with Gasteiger partial charge in [-0.25, -0.2) is 18.9 Å². The van der Waals surface area contributed by atoms with E-state index in [9.17, 15) is 10.0 Å². The van der Waals surface area contributed by atoms with Crippen LogP contribution in [0.4, 0.5) is 9.18 Å². The van der Waals surface area contributed by atoms with Gasteiger partial charge in [0.05, 0.1) is 19.9 Å². The van der Waals surface area contributed by atoms with Gasteiger partial charge in [0.2, 0.25) is 0 Å². The number of nitrogens with zero attached hydrogens (tertiary/aromatic N) is 4. The quantitative estimate of drug-likeness (QED) is 0.417. The molecule has 2 aromatic carbocycles. The first kappa shape index (κ1) is 23.2. The average Bonchev–Trinajstić information content (AvgIpc) is 3.36. The minimum Gasteiger partial charge on any atom is -0.497 e. The predicted octanol–water partition coefficient (Wildman–Crippen LogP) is 4.85. The molecule has 2 amide bonds. The Kier molecular flexibility index (Phi) is 6.10. The minimum atomic E-state index is -0.404. The van der Waals surface area contributed by atoms with Crippen LogP contribution in [0.1, 0.15) is 37.3 Å². The number of amides is 2. The molecule has 0 saturated carbocycles. The summed E-state index contributed by atoms with van der Waals surface area (Å²) in [5.41, 5.74) is 2.20. The third-order valence-electron chi connectivity index (χ3n) is 7.15. The molecule has 3 heterocycles. The van der Waals surface area contributed by atoms with Crippen molar-refractivity contribution in [2.75, 3.05) is 21.3 Å². The number of hydroxylamine groups is 2. The Bertz CT molecular complexity index is 1200. The van der Waals surface area contributed by atoms with Crippen LogP contribution in [0.2, 0.25) is 0 Å². The number of aromatic nitrogens is 2. The van der Waals surface area contributed by atoms with Crippen molar-refractivity contribution >= 4 is 6.03 Å². The molecule has 2 aliphatic rings. The molecule has 2 atom stereocenters. The number of piperidine rings is 1. The van der Waals surface area contributed by atoms with Crippen LogP contribution in [0.3, 0.4) is 0 Å². The Morgan fingerprint density at radius 1 is 1.00 bits per heavy atom. The highest BCUT2D eigenvalue weighted by Crippen LogP contribution is 2.45. The van der Waals surface area contributed by atoms with Gasteiger partial charge in [-0.2, -0.15) is 5.10 Å². The highest BCUT2D eigenvalue weighted by Gasteiger charge is 2.46. The smallest absolute Gasteiger partial charge is 0.343 e. The summed E-state index contributed by atoms with van der Waals surface area (Å²) in [5.74, 6) is 0.911. The van der Waals surface area contributed by atoms with E-state index in [2.05, 4.69) is 0 Å².